The number of unbranched alkanes of at least 4 members (excludes halogenated alkanes) is 1. The lowest BCUT2D eigenvalue weighted by Gasteiger charge is -2.23. The Morgan fingerprint density at radius 2 is 1.80 bits per heavy atom. The Bertz CT molecular complexity index is 1440. The van der Waals surface area contributed by atoms with Gasteiger partial charge >= 0.3 is 11.9 Å². The fraction of sp³-hybridized carbons (Fsp3) is 0.267. The summed E-state index contributed by atoms with van der Waals surface area (Å²) in [6.07, 6.45) is 3.36. The molecule has 0 bridgehead atoms. The highest BCUT2D eigenvalue weighted by atomic mass is 32.1. The monoisotopic (exact) mass is 562 g/mol. The zero-order valence-corrected chi connectivity index (χ0v) is 23.3. The highest BCUT2D eigenvalue weighted by molar-refractivity contribution is 7.17. The van der Waals surface area contributed by atoms with Gasteiger partial charge in [0.2, 0.25) is 0 Å². The Hall–Kier alpha value is -4.44. The molecule has 9 nitrogen and oxygen atoms in total. The zero-order valence-electron chi connectivity index (χ0n) is 22.5. The molecule has 1 atom stereocenters. The van der Waals surface area contributed by atoms with Gasteiger partial charge in [0.05, 0.1) is 31.0 Å². The second-order valence-corrected chi connectivity index (χ2v) is 9.94. The summed E-state index contributed by atoms with van der Waals surface area (Å²) in [5.41, 5.74) is 1.15. The predicted octanol–water partition coefficient (Wildman–Crippen LogP) is 5.61. The van der Waals surface area contributed by atoms with E-state index in [1.807, 2.05) is 0 Å². The molecule has 4 rings (SSSR count). The molecule has 1 N–H and O–H groups in total. The van der Waals surface area contributed by atoms with Crippen LogP contribution in [0.25, 0.3) is 5.76 Å². The third-order valence-electron chi connectivity index (χ3n) is 6.28. The molecule has 0 spiro atoms. The van der Waals surface area contributed by atoms with Crippen molar-refractivity contribution in [3.63, 3.8) is 0 Å². The summed E-state index contributed by atoms with van der Waals surface area (Å²) in [5.74, 6) is -1.48. The van der Waals surface area contributed by atoms with Crippen LogP contribution >= 0.6 is 11.3 Å². The number of rotatable bonds is 11. The summed E-state index contributed by atoms with van der Waals surface area (Å²) in [6, 6.07) is 12.5. The molecule has 0 radical (unpaired) electrons. The van der Waals surface area contributed by atoms with Crippen molar-refractivity contribution in [2.24, 2.45) is 0 Å². The van der Waals surface area contributed by atoms with Crippen molar-refractivity contribution < 1.29 is 33.7 Å². The molecule has 2 aromatic carbocycles. The molecular weight excluding hydrogens is 532 g/mol. The molecule has 1 fully saturated rings. The summed E-state index contributed by atoms with van der Waals surface area (Å²) >= 11 is 0.936. The average molecular weight is 563 g/mol. The van der Waals surface area contributed by atoms with Crippen molar-refractivity contribution in [2.75, 3.05) is 25.2 Å². The van der Waals surface area contributed by atoms with Crippen LogP contribution in [0.2, 0.25) is 0 Å². The van der Waals surface area contributed by atoms with Gasteiger partial charge in [-0.25, -0.2) is 9.78 Å². The molecule has 1 unspecified atom stereocenters. The lowest BCUT2D eigenvalue weighted by Crippen LogP contribution is -2.29. The Balaban J connectivity index is 1.80. The van der Waals surface area contributed by atoms with Crippen LogP contribution in [0, 0.1) is 6.92 Å². The fourth-order valence-corrected chi connectivity index (χ4v) is 5.19. The van der Waals surface area contributed by atoms with Crippen molar-refractivity contribution >= 4 is 39.9 Å². The number of aliphatic hydroxyl groups excluding tert-OH is 1. The standard InChI is InChI=1S/C30H30N2O7S/c1-5-7-17-38-22-14-10-20(11-15-22)25(33)23-24(19-8-12-21(37-4)13-9-19)32(28(35)26(23)34)30-31-18(3)27(40-30)29(36)39-16-6-2/h6,8-15,24,33H,2,5,7,16-17H2,1,3-4H3/b25-23+. The number of hydrogen-bond donors (Lipinski definition) is 1. The molecule has 10 heteroatoms. The number of methoxy groups -OCH3 is 1. The largest absolute Gasteiger partial charge is 0.507 e. The van der Waals surface area contributed by atoms with Crippen molar-refractivity contribution in [1.82, 2.24) is 4.98 Å². The van der Waals surface area contributed by atoms with Gasteiger partial charge in [0, 0.05) is 5.56 Å². The van der Waals surface area contributed by atoms with E-state index in [1.54, 1.807) is 55.5 Å². The summed E-state index contributed by atoms with van der Waals surface area (Å²) in [4.78, 5) is 45.3. The van der Waals surface area contributed by atoms with E-state index >= 15 is 0 Å². The topological polar surface area (TPSA) is 115 Å². The van der Waals surface area contributed by atoms with Crippen molar-refractivity contribution in [3.8, 4) is 11.5 Å². The predicted molar refractivity (Wildman–Crippen MR) is 152 cm³/mol. The van der Waals surface area contributed by atoms with Gasteiger partial charge in [0.15, 0.2) is 5.13 Å². The van der Waals surface area contributed by atoms with Gasteiger partial charge in [-0.05, 0) is 55.3 Å². The molecule has 3 aromatic rings. The molecule has 1 aromatic heterocycles. The highest BCUT2D eigenvalue weighted by Crippen LogP contribution is 2.44. The third-order valence-corrected chi connectivity index (χ3v) is 7.42. The number of benzene rings is 2. The second kappa shape index (κ2) is 12.6. The number of ether oxygens (including phenoxy) is 3. The number of aliphatic hydroxyl groups is 1. The smallest absolute Gasteiger partial charge is 0.350 e. The van der Waals surface area contributed by atoms with Crippen LogP contribution in [0.5, 0.6) is 11.5 Å². The first-order chi connectivity index (χ1) is 19.3. The SMILES string of the molecule is C=CCOC(=O)c1sc(N2C(=O)C(=O)/C(=C(/O)c3ccc(OCCCC)cc3)C2c2ccc(OC)cc2)nc1C. The van der Waals surface area contributed by atoms with Crippen LogP contribution in [-0.2, 0) is 14.3 Å². The third kappa shape index (κ3) is 5.76. The minimum Gasteiger partial charge on any atom is -0.507 e. The molecule has 0 aliphatic carbocycles. The number of thiazole rings is 1. The summed E-state index contributed by atoms with van der Waals surface area (Å²) in [5, 5.41) is 11.5. The summed E-state index contributed by atoms with van der Waals surface area (Å²) in [6.45, 7) is 7.82. The van der Waals surface area contributed by atoms with Gasteiger partial charge in [-0.1, -0.05) is 49.5 Å². The van der Waals surface area contributed by atoms with E-state index in [-0.39, 0.29) is 27.9 Å². The van der Waals surface area contributed by atoms with E-state index < -0.39 is 23.7 Å². The number of carbonyl (C=O) groups excluding carboxylic acids is 3. The van der Waals surface area contributed by atoms with Crippen LogP contribution in [0.4, 0.5) is 5.13 Å². The van der Waals surface area contributed by atoms with Crippen LogP contribution in [0.15, 0.2) is 66.8 Å². The van der Waals surface area contributed by atoms with Crippen LogP contribution < -0.4 is 14.4 Å². The quantitative estimate of drug-likeness (QED) is 0.0801. The van der Waals surface area contributed by atoms with Gasteiger partial charge < -0.3 is 19.3 Å². The van der Waals surface area contributed by atoms with Gasteiger partial charge in [0.1, 0.15) is 28.7 Å². The van der Waals surface area contributed by atoms with E-state index in [0.717, 1.165) is 24.2 Å². The number of aryl methyl sites for hydroxylation is 1. The molecule has 1 aliphatic rings. The number of anilines is 1. The normalized spacial score (nSPS) is 16.2. The van der Waals surface area contributed by atoms with E-state index in [2.05, 4.69) is 18.5 Å². The minimum atomic E-state index is -1.01. The Labute approximate surface area is 236 Å². The fourth-order valence-electron chi connectivity index (χ4n) is 4.21. The van der Waals surface area contributed by atoms with Gasteiger partial charge in [-0.2, -0.15) is 0 Å². The maximum Gasteiger partial charge on any atom is 0.350 e. The van der Waals surface area contributed by atoms with E-state index in [1.165, 1.54) is 18.1 Å². The lowest BCUT2D eigenvalue weighted by molar-refractivity contribution is -0.132. The molecule has 1 aliphatic heterocycles. The number of hydrogen-bond acceptors (Lipinski definition) is 9. The molecule has 1 saturated heterocycles. The van der Waals surface area contributed by atoms with Crippen LogP contribution in [0.1, 0.15) is 52.3 Å². The Kier molecular flexibility index (Phi) is 9.00. The maximum atomic E-state index is 13.4. The summed E-state index contributed by atoms with van der Waals surface area (Å²) < 4.78 is 16.1. The Morgan fingerprint density at radius 1 is 1.12 bits per heavy atom. The molecule has 208 valence electrons. The number of Topliss-reactive ketones (excluding diaryl/α,β-unsaturated/α-hetero) is 1. The lowest BCUT2D eigenvalue weighted by atomic mass is 9.95. The van der Waals surface area contributed by atoms with Crippen molar-refractivity contribution in [1.29, 1.82) is 0 Å². The maximum absolute atomic E-state index is 13.4. The van der Waals surface area contributed by atoms with Crippen LogP contribution in [0.3, 0.4) is 0 Å². The number of amides is 1. The molecule has 0 saturated carbocycles. The molecular formula is C30H30N2O7S. The molecule has 1 amide bonds. The van der Waals surface area contributed by atoms with Crippen LogP contribution in [-0.4, -0.2) is 48.1 Å². The number of esters is 1. The Morgan fingerprint density at radius 3 is 2.42 bits per heavy atom. The van der Waals surface area contributed by atoms with Crippen molar-refractivity contribution in [2.45, 2.75) is 32.7 Å². The number of ketones is 1. The number of nitrogens with zero attached hydrogens (tertiary/aromatic N) is 2. The number of aromatic nitrogens is 1. The highest BCUT2D eigenvalue weighted by Gasteiger charge is 2.48. The minimum absolute atomic E-state index is 0.0182. The van der Waals surface area contributed by atoms with Gasteiger partial charge in [-0.3, -0.25) is 14.5 Å². The van der Waals surface area contributed by atoms with Gasteiger partial charge in [0.25, 0.3) is 5.78 Å². The van der Waals surface area contributed by atoms with Gasteiger partial charge in [-0.15, -0.1) is 0 Å². The first kappa shape index (κ1) is 28.6. The summed E-state index contributed by atoms with van der Waals surface area (Å²) in [7, 11) is 1.53. The average Bonchev–Trinajstić information content (AvgIpc) is 3.48. The van der Waals surface area contributed by atoms with Crippen molar-refractivity contribution in [3.05, 3.63) is 88.5 Å². The first-order valence-corrected chi connectivity index (χ1v) is 13.6. The van der Waals surface area contributed by atoms with E-state index in [0.29, 0.717) is 34.9 Å². The van der Waals surface area contributed by atoms with E-state index in [4.69, 9.17) is 14.2 Å². The number of carbonyl (C=O) groups is 3. The molecule has 2 heterocycles. The van der Waals surface area contributed by atoms with E-state index in [9.17, 15) is 19.5 Å². The first-order valence-electron chi connectivity index (χ1n) is 12.7. The second-order valence-electron chi connectivity index (χ2n) is 8.97. The zero-order chi connectivity index (χ0) is 28.8. The molecule has 40 heavy (non-hydrogen) atoms.